The van der Waals surface area contributed by atoms with Gasteiger partial charge in [-0.3, -0.25) is 9.69 Å². The molecule has 0 aliphatic carbocycles. The third-order valence-electron chi connectivity index (χ3n) is 7.19. The Bertz CT molecular complexity index is 1920. The number of nitrogens with zero attached hydrogens (tertiary/aromatic N) is 5. The van der Waals surface area contributed by atoms with Crippen molar-refractivity contribution in [2.45, 2.75) is 33.7 Å². The van der Waals surface area contributed by atoms with Crippen molar-refractivity contribution in [1.82, 2.24) is 25.3 Å². The number of aliphatic hydroxyl groups excluding tert-OH is 1. The lowest BCUT2D eigenvalue weighted by atomic mass is 9.95. The van der Waals surface area contributed by atoms with Crippen LogP contribution in [-0.2, 0) is 0 Å². The summed E-state index contributed by atoms with van der Waals surface area (Å²) < 4.78 is 26.8. The highest BCUT2D eigenvalue weighted by Crippen LogP contribution is 2.37. The van der Waals surface area contributed by atoms with E-state index in [1.54, 1.807) is 26.8 Å². The molecule has 1 atom stereocenters. The molecule has 5 rings (SSSR count). The molecule has 0 saturated carbocycles. The first-order valence-corrected chi connectivity index (χ1v) is 15.1. The van der Waals surface area contributed by atoms with Gasteiger partial charge in [-0.1, -0.05) is 13.8 Å². The number of methoxy groups -OCH3 is 1. The van der Waals surface area contributed by atoms with Gasteiger partial charge in [0.1, 0.15) is 17.3 Å². The molecule has 0 spiro atoms. The Morgan fingerprint density at radius 1 is 1.11 bits per heavy atom. The van der Waals surface area contributed by atoms with E-state index in [4.69, 9.17) is 9.47 Å². The average Bonchev–Trinajstić information content (AvgIpc) is 3.44. The summed E-state index contributed by atoms with van der Waals surface area (Å²) in [5.41, 5.74) is 3.24. The van der Waals surface area contributed by atoms with E-state index in [0.717, 1.165) is 16.0 Å². The fourth-order valence-electron chi connectivity index (χ4n) is 4.63. The summed E-state index contributed by atoms with van der Waals surface area (Å²) in [5.74, 6) is -0.747. The third-order valence-corrected chi connectivity index (χ3v) is 8.24. The molecule has 0 aliphatic rings. The zero-order chi connectivity index (χ0) is 33.2. The van der Waals surface area contributed by atoms with Crippen LogP contribution in [0.2, 0.25) is 0 Å². The van der Waals surface area contributed by atoms with E-state index < -0.39 is 29.3 Å². The topological polar surface area (TPSA) is 160 Å². The second-order valence-electron chi connectivity index (χ2n) is 11.6. The Labute approximate surface area is 267 Å². The van der Waals surface area contributed by atoms with Crippen molar-refractivity contribution in [3.63, 3.8) is 0 Å². The first-order chi connectivity index (χ1) is 21.9. The van der Waals surface area contributed by atoms with Crippen LogP contribution in [0.3, 0.4) is 0 Å². The van der Waals surface area contributed by atoms with E-state index in [1.807, 2.05) is 19.1 Å². The van der Waals surface area contributed by atoms with Gasteiger partial charge in [0, 0.05) is 36.3 Å². The second kappa shape index (κ2) is 13.2. The van der Waals surface area contributed by atoms with Crippen molar-refractivity contribution >= 4 is 50.3 Å². The van der Waals surface area contributed by atoms with Gasteiger partial charge in [0.15, 0.2) is 11.6 Å². The number of pyridine rings is 1. The number of amides is 2. The smallest absolute Gasteiger partial charge is 0.412 e. The van der Waals surface area contributed by atoms with Gasteiger partial charge in [0.25, 0.3) is 5.91 Å². The molecule has 0 unspecified atom stereocenters. The maximum Gasteiger partial charge on any atom is 0.412 e. The van der Waals surface area contributed by atoms with E-state index in [0.29, 0.717) is 32.1 Å². The summed E-state index contributed by atoms with van der Waals surface area (Å²) in [6.07, 6.45) is 1.54. The SMILES string of the molecule is COc1cnc2c(-c3nc4cc(F)c(OC[C@@H](C)N(C(=O)O)c5ccc(C(=O)NCC(C)(C)CO)nc5)cc4s3)cc(C)cc2n1. The normalized spacial score (nSPS) is 12.2. The molecule has 14 heteroatoms. The van der Waals surface area contributed by atoms with Crippen molar-refractivity contribution in [2.24, 2.45) is 5.41 Å². The minimum Gasteiger partial charge on any atom is -0.488 e. The number of nitrogens with one attached hydrogen (secondary N) is 1. The molecule has 0 bridgehead atoms. The highest BCUT2D eigenvalue weighted by Gasteiger charge is 2.24. The van der Waals surface area contributed by atoms with Gasteiger partial charge in [-0.15, -0.1) is 11.3 Å². The number of carbonyl (C=O) groups excluding carboxylic acids is 1. The lowest BCUT2D eigenvalue weighted by Gasteiger charge is -2.26. The van der Waals surface area contributed by atoms with Crippen LogP contribution in [0.25, 0.3) is 31.8 Å². The first-order valence-electron chi connectivity index (χ1n) is 14.3. The zero-order valence-corrected chi connectivity index (χ0v) is 26.7. The Balaban J connectivity index is 1.32. The Kier molecular flexibility index (Phi) is 9.30. The number of carboxylic acid groups (broad SMARTS) is 1. The van der Waals surface area contributed by atoms with Gasteiger partial charge in [-0.25, -0.2) is 29.1 Å². The Morgan fingerprint density at radius 2 is 1.89 bits per heavy atom. The summed E-state index contributed by atoms with van der Waals surface area (Å²) >= 11 is 1.34. The number of rotatable bonds is 11. The number of ether oxygens (including phenoxy) is 2. The molecule has 2 aromatic carbocycles. The molecule has 3 heterocycles. The third kappa shape index (κ3) is 6.97. The molecule has 3 aromatic heterocycles. The number of halogens is 1. The number of fused-ring (bicyclic) bond motifs is 2. The minimum atomic E-state index is -1.27. The van der Waals surface area contributed by atoms with Crippen LogP contribution in [0.1, 0.15) is 36.8 Å². The number of hydrogen-bond donors (Lipinski definition) is 3. The van der Waals surface area contributed by atoms with Crippen molar-refractivity contribution < 1.29 is 33.7 Å². The molecule has 3 N–H and O–H groups in total. The summed E-state index contributed by atoms with van der Waals surface area (Å²) in [5, 5.41) is 22.7. The van der Waals surface area contributed by atoms with Crippen molar-refractivity contribution in [3.05, 3.63) is 65.9 Å². The van der Waals surface area contributed by atoms with Crippen LogP contribution >= 0.6 is 11.3 Å². The first kappa shape index (κ1) is 32.4. The quantitative estimate of drug-likeness (QED) is 0.168. The van der Waals surface area contributed by atoms with Crippen LogP contribution < -0.4 is 19.7 Å². The number of benzene rings is 2. The fraction of sp³-hybridized carbons (Fsp3) is 0.312. The van der Waals surface area contributed by atoms with Crippen LogP contribution in [0.4, 0.5) is 14.9 Å². The van der Waals surface area contributed by atoms with E-state index in [2.05, 4.69) is 25.3 Å². The second-order valence-corrected chi connectivity index (χ2v) is 12.6. The maximum atomic E-state index is 15.2. The minimum absolute atomic E-state index is 0.0468. The van der Waals surface area contributed by atoms with Crippen LogP contribution in [0.15, 0.2) is 48.8 Å². The van der Waals surface area contributed by atoms with E-state index in [9.17, 15) is 19.8 Å². The van der Waals surface area contributed by atoms with Gasteiger partial charge >= 0.3 is 6.09 Å². The summed E-state index contributed by atoms with van der Waals surface area (Å²) in [7, 11) is 1.52. The van der Waals surface area contributed by atoms with Gasteiger partial charge in [-0.2, -0.15) is 0 Å². The molecule has 12 nitrogen and oxygen atoms in total. The Hall–Kier alpha value is -4.95. The molecular formula is C32H33FN6O6S. The van der Waals surface area contributed by atoms with Crippen molar-refractivity contribution in [3.8, 4) is 22.2 Å². The van der Waals surface area contributed by atoms with Crippen molar-refractivity contribution in [2.75, 3.05) is 31.8 Å². The number of hydrogen-bond acceptors (Lipinski definition) is 10. The predicted octanol–water partition coefficient (Wildman–Crippen LogP) is 5.46. The van der Waals surface area contributed by atoms with Gasteiger partial charge in [0.2, 0.25) is 5.88 Å². The van der Waals surface area contributed by atoms with Crippen molar-refractivity contribution in [1.29, 1.82) is 0 Å². The maximum absolute atomic E-state index is 15.2. The van der Waals surface area contributed by atoms with Gasteiger partial charge in [-0.05, 0) is 43.7 Å². The summed E-state index contributed by atoms with van der Waals surface area (Å²) in [4.78, 5) is 43.4. The lowest BCUT2D eigenvalue weighted by molar-refractivity contribution is 0.0906. The molecule has 0 radical (unpaired) electrons. The molecule has 0 saturated heterocycles. The van der Waals surface area contributed by atoms with Crippen LogP contribution in [0.5, 0.6) is 11.6 Å². The van der Waals surface area contributed by atoms with Crippen LogP contribution in [-0.4, -0.2) is 75.1 Å². The molecule has 5 aromatic rings. The van der Waals surface area contributed by atoms with E-state index in [1.165, 1.54) is 49.0 Å². The number of anilines is 1. The number of thiazole rings is 1. The largest absolute Gasteiger partial charge is 0.488 e. The van der Waals surface area contributed by atoms with Gasteiger partial charge < -0.3 is 25.0 Å². The number of aromatic nitrogens is 4. The molecule has 240 valence electrons. The van der Waals surface area contributed by atoms with Gasteiger partial charge in [0.05, 0.1) is 52.5 Å². The number of aliphatic hydroxyl groups is 1. The van der Waals surface area contributed by atoms with E-state index in [-0.39, 0.29) is 36.9 Å². The standard InChI is InChI=1S/C32H33FN6O6S/c1-17-8-20(28-24(9-17)37-27(44-5)13-35-28)30-38-23-10-21(33)25(11-26(23)46-30)45-14-18(2)39(31(42)43)19-6-7-22(34-12-19)29(41)36-15-32(3,4)16-40/h6-13,18,40H,14-16H2,1-5H3,(H,36,41)(H,42,43)/t18-/m1/s1. The monoisotopic (exact) mass is 648 g/mol. The molecule has 2 amide bonds. The molecule has 46 heavy (non-hydrogen) atoms. The number of carbonyl (C=O) groups is 2. The average molecular weight is 649 g/mol. The fourth-order valence-corrected chi connectivity index (χ4v) is 5.63. The highest BCUT2D eigenvalue weighted by molar-refractivity contribution is 7.21. The molecule has 0 aliphatic heterocycles. The zero-order valence-electron chi connectivity index (χ0n) is 25.9. The molecular weight excluding hydrogens is 615 g/mol. The van der Waals surface area contributed by atoms with E-state index >= 15 is 4.39 Å². The Morgan fingerprint density at radius 3 is 2.57 bits per heavy atom. The van der Waals surface area contributed by atoms with Crippen LogP contribution in [0, 0.1) is 18.2 Å². The number of aryl methyl sites for hydroxylation is 1. The highest BCUT2D eigenvalue weighted by atomic mass is 32.1. The lowest BCUT2D eigenvalue weighted by Crippen LogP contribution is -2.41. The molecule has 0 fully saturated rings. The summed E-state index contributed by atoms with van der Waals surface area (Å²) in [6, 6.07) is 8.81. The summed E-state index contributed by atoms with van der Waals surface area (Å²) in [6.45, 7) is 7.12. The predicted molar refractivity (Wildman–Crippen MR) is 172 cm³/mol.